The molecule has 0 radical (unpaired) electrons. The number of rotatable bonds is 7. The summed E-state index contributed by atoms with van der Waals surface area (Å²) in [5.41, 5.74) is 1.85. The van der Waals surface area contributed by atoms with Crippen molar-refractivity contribution in [2.24, 2.45) is 7.05 Å². The van der Waals surface area contributed by atoms with E-state index in [1.54, 1.807) is 43.9 Å². The largest absolute Gasteiger partial charge is 0.478 e. The topological polar surface area (TPSA) is 86.1 Å². The number of aromatic nitrogens is 3. The Kier molecular flexibility index (Phi) is 5.38. The molecule has 0 aliphatic carbocycles. The molecule has 23 heavy (non-hydrogen) atoms. The van der Waals surface area contributed by atoms with Crippen LogP contribution in [0.15, 0.2) is 23.2 Å². The van der Waals surface area contributed by atoms with Crippen molar-refractivity contribution in [3.63, 3.8) is 0 Å². The van der Waals surface area contributed by atoms with Gasteiger partial charge in [0, 0.05) is 25.9 Å². The first-order valence-electron chi connectivity index (χ1n) is 7.42. The van der Waals surface area contributed by atoms with Crippen LogP contribution in [0.3, 0.4) is 0 Å². The highest BCUT2D eigenvalue weighted by Crippen LogP contribution is 2.18. The molecule has 2 rings (SSSR count). The number of aryl methyl sites for hydroxylation is 2. The van der Waals surface area contributed by atoms with Crippen molar-refractivity contribution in [1.82, 2.24) is 19.5 Å². The number of nitrogens with zero attached hydrogens (tertiary/aromatic N) is 3. The van der Waals surface area contributed by atoms with Crippen molar-refractivity contribution in [2.45, 2.75) is 38.6 Å². The summed E-state index contributed by atoms with van der Waals surface area (Å²) in [7, 11) is -1.89. The van der Waals surface area contributed by atoms with Gasteiger partial charge in [-0.3, -0.25) is 4.68 Å². The standard InChI is InChI=1S/C15H22N4O3S/c1-5-8-22-14-7-6-13(9-16-14)10-17-23(20,21)15-11(2)18-19(4)12(15)3/h6-7,9,17H,5,8,10H2,1-4H3. The molecule has 0 aliphatic rings. The average Bonchev–Trinajstić information content (AvgIpc) is 2.77. The molecule has 8 heteroatoms. The van der Waals surface area contributed by atoms with Crippen LogP contribution in [-0.4, -0.2) is 29.8 Å². The van der Waals surface area contributed by atoms with Gasteiger partial charge < -0.3 is 4.74 Å². The van der Waals surface area contributed by atoms with Gasteiger partial charge in [-0.05, 0) is 25.8 Å². The second-order valence-corrected chi connectivity index (χ2v) is 7.01. The van der Waals surface area contributed by atoms with E-state index in [1.807, 2.05) is 6.92 Å². The van der Waals surface area contributed by atoms with Gasteiger partial charge in [-0.25, -0.2) is 18.1 Å². The predicted molar refractivity (Wildman–Crippen MR) is 86.7 cm³/mol. The van der Waals surface area contributed by atoms with Crippen molar-refractivity contribution in [1.29, 1.82) is 0 Å². The minimum Gasteiger partial charge on any atom is -0.478 e. The van der Waals surface area contributed by atoms with Gasteiger partial charge in [0.15, 0.2) is 0 Å². The third-order valence-corrected chi connectivity index (χ3v) is 5.08. The average molecular weight is 338 g/mol. The Morgan fingerprint density at radius 2 is 2.04 bits per heavy atom. The molecule has 0 aliphatic heterocycles. The van der Waals surface area contributed by atoms with E-state index in [0.29, 0.717) is 23.9 Å². The van der Waals surface area contributed by atoms with Gasteiger partial charge in [0.2, 0.25) is 15.9 Å². The van der Waals surface area contributed by atoms with Crippen molar-refractivity contribution in [3.8, 4) is 5.88 Å². The fourth-order valence-corrected chi connectivity index (χ4v) is 3.65. The van der Waals surface area contributed by atoms with E-state index in [4.69, 9.17) is 4.74 Å². The zero-order valence-corrected chi connectivity index (χ0v) is 14.6. The third-order valence-electron chi connectivity index (χ3n) is 3.43. The molecule has 126 valence electrons. The van der Waals surface area contributed by atoms with Crippen LogP contribution in [0.25, 0.3) is 0 Å². The summed E-state index contributed by atoms with van der Waals surface area (Å²) in [5.74, 6) is 0.539. The summed E-state index contributed by atoms with van der Waals surface area (Å²) in [5, 5.41) is 4.14. The summed E-state index contributed by atoms with van der Waals surface area (Å²) >= 11 is 0. The highest BCUT2D eigenvalue weighted by Gasteiger charge is 2.23. The van der Waals surface area contributed by atoms with Crippen LogP contribution in [0, 0.1) is 13.8 Å². The van der Waals surface area contributed by atoms with Crippen LogP contribution >= 0.6 is 0 Å². The minimum absolute atomic E-state index is 0.164. The molecule has 0 fully saturated rings. The Hall–Kier alpha value is -1.93. The maximum absolute atomic E-state index is 12.5. The first-order chi connectivity index (χ1) is 10.8. The molecule has 0 saturated heterocycles. The second-order valence-electron chi connectivity index (χ2n) is 5.30. The molecule has 7 nitrogen and oxygen atoms in total. The lowest BCUT2D eigenvalue weighted by Gasteiger charge is -2.08. The molecule has 1 N–H and O–H groups in total. The Balaban J connectivity index is 2.07. The van der Waals surface area contributed by atoms with Gasteiger partial charge in [-0.2, -0.15) is 5.10 Å². The molecule has 0 bridgehead atoms. The first-order valence-corrected chi connectivity index (χ1v) is 8.91. The van der Waals surface area contributed by atoms with Gasteiger partial charge >= 0.3 is 0 Å². The Morgan fingerprint density at radius 3 is 2.57 bits per heavy atom. The number of hydrogen-bond acceptors (Lipinski definition) is 5. The summed E-state index contributed by atoms with van der Waals surface area (Å²) < 4.78 is 34.5. The zero-order valence-electron chi connectivity index (χ0n) is 13.8. The van der Waals surface area contributed by atoms with Gasteiger partial charge in [0.1, 0.15) is 4.90 Å². The molecule has 0 amide bonds. The SMILES string of the molecule is CCCOc1ccc(CNS(=O)(=O)c2c(C)nn(C)c2C)cn1. The van der Waals surface area contributed by atoms with Crippen molar-refractivity contribution >= 4 is 10.0 Å². The molecule has 2 heterocycles. The first kappa shape index (κ1) is 17.4. The normalized spacial score (nSPS) is 11.7. The van der Waals surface area contributed by atoms with Crippen LogP contribution in [-0.2, 0) is 23.6 Å². The monoisotopic (exact) mass is 338 g/mol. The summed E-state index contributed by atoms with van der Waals surface area (Å²) in [6.45, 7) is 6.21. The van der Waals surface area contributed by atoms with E-state index in [2.05, 4.69) is 14.8 Å². The van der Waals surface area contributed by atoms with Crippen LogP contribution in [0.4, 0.5) is 0 Å². The van der Waals surface area contributed by atoms with Crippen molar-refractivity contribution in [3.05, 3.63) is 35.3 Å². The van der Waals surface area contributed by atoms with Crippen molar-refractivity contribution in [2.75, 3.05) is 6.61 Å². The van der Waals surface area contributed by atoms with Gasteiger partial charge in [0.25, 0.3) is 0 Å². The highest BCUT2D eigenvalue weighted by molar-refractivity contribution is 7.89. The molecular weight excluding hydrogens is 316 g/mol. The second kappa shape index (κ2) is 7.10. The lowest BCUT2D eigenvalue weighted by atomic mass is 10.3. The van der Waals surface area contributed by atoms with E-state index in [0.717, 1.165) is 12.0 Å². The molecule has 0 unspecified atom stereocenters. The van der Waals surface area contributed by atoms with E-state index in [9.17, 15) is 8.42 Å². The molecule has 2 aromatic rings. The Morgan fingerprint density at radius 1 is 1.30 bits per heavy atom. The predicted octanol–water partition coefficient (Wildman–Crippen LogP) is 1.70. The zero-order chi connectivity index (χ0) is 17.0. The molecule has 2 aromatic heterocycles. The van der Waals surface area contributed by atoms with Crippen LogP contribution < -0.4 is 9.46 Å². The maximum Gasteiger partial charge on any atom is 0.244 e. The number of sulfonamides is 1. The molecular formula is C15H22N4O3S. The fraction of sp³-hybridized carbons (Fsp3) is 0.467. The quantitative estimate of drug-likeness (QED) is 0.830. The lowest BCUT2D eigenvalue weighted by Crippen LogP contribution is -2.24. The number of nitrogens with one attached hydrogen (secondary N) is 1. The van der Waals surface area contributed by atoms with E-state index >= 15 is 0 Å². The highest BCUT2D eigenvalue weighted by atomic mass is 32.2. The smallest absolute Gasteiger partial charge is 0.244 e. The van der Waals surface area contributed by atoms with Crippen LogP contribution in [0.1, 0.15) is 30.3 Å². The van der Waals surface area contributed by atoms with E-state index in [-0.39, 0.29) is 11.4 Å². The number of hydrogen-bond donors (Lipinski definition) is 1. The molecule has 0 saturated carbocycles. The third kappa shape index (κ3) is 4.08. The maximum atomic E-state index is 12.5. The molecule has 0 spiro atoms. The number of pyridine rings is 1. The van der Waals surface area contributed by atoms with E-state index < -0.39 is 10.0 Å². The van der Waals surface area contributed by atoms with Crippen LogP contribution in [0.2, 0.25) is 0 Å². The summed E-state index contributed by atoms with van der Waals surface area (Å²) in [6.07, 6.45) is 2.52. The van der Waals surface area contributed by atoms with Crippen LogP contribution in [0.5, 0.6) is 5.88 Å². The number of ether oxygens (including phenoxy) is 1. The minimum atomic E-state index is -3.62. The van der Waals surface area contributed by atoms with Gasteiger partial charge in [-0.15, -0.1) is 0 Å². The summed E-state index contributed by atoms with van der Waals surface area (Å²) in [4.78, 5) is 4.39. The van der Waals surface area contributed by atoms with E-state index in [1.165, 1.54) is 0 Å². The molecule has 0 atom stereocenters. The lowest BCUT2D eigenvalue weighted by molar-refractivity contribution is 0.305. The Bertz CT molecular complexity index is 767. The van der Waals surface area contributed by atoms with Gasteiger partial charge in [0.05, 0.1) is 18.0 Å². The van der Waals surface area contributed by atoms with Gasteiger partial charge in [-0.1, -0.05) is 13.0 Å². The summed E-state index contributed by atoms with van der Waals surface area (Å²) in [6, 6.07) is 3.53. The molecule has 0 aromatic carbocycles. The van der Waals surface area contributed by atoms with Crippen molar-refractivity contribution < 1.29 is 13.2 Å². The Labute approximate surface area is 136 Å². The fourth-order valence-electron chi connectivity index (χ4n) is 2.20.